The third-order valence-electron chi connectivity index (χ3n) is 2.67. The maximum atomic E-state index is 11.4. The number of carbonyl (C=O) groups excluding carboxylic acids is 1. The van der Waals surface area contributed by atoms with Crippen molar-refractivity contribution in [3.8, 4) is 0 Å². The molecule has 1 unspecified atom stereocenters. The Morgan fingerprint density at radius 3 is 2.77 bits per heavy atom. The highest BCUT2D eigenvalue weighted by Gasteiger charge is 2.36. The van der Waals surface area contributed by atoms with Crippen molar-refractivity contribution in [2.45, 2.75) is 38.3 Å². The summed E-state index contributed by atoms with van der Waals surface area (Å²) in [4.78, 5) is 13.1. The molecule has 1 amide bonds. The Morgan fingerprint density at radius 2 is 2.23 bits per heavy atom. The van der Waals surface area contributed by atoms with Crippen LogP contribution in [0.25, 0.3) is 0 Å². The van der Waals surface area contributed by atoms with Crippen molar-refractivity contribution < 1.29 is 9.53 Å². The largest absolute Gasteiger partial charge is 0.453 e. The van der Waals surface area contributed by atoms with Crippen molar-refractivity contribution in [3.63, 3.8) is 0 Å². The second-order valence-electron chi connectivity index (χ2n) is 4.19. The van der Waals surface area contributed by atoms with Crippen LogP contribution in [0, 0.1) is 0 Å². The summed E-state index contributed by atoms with van der Waals surface area (Å²) in [5, 5.41) is 0. The Kier molecular flexibility index (Phi) is 2.81. The van der Waals surface area contributed by atoms with E-state index in [0.717, 1.165) is 12.8 Å². The van der Waals surface area contributed by atoms with Gasteiger partial charge in [-0.25, -0.2) is 4.79 Å². The summed E-state index contributed by atoms with van der Waals surface area (Å²) in [6.45, 7) is 4.67. The Bertz CT molecular complexity index is 204. The number of rotatable bonds is 0. The normalized spacial score (nSPS) is 27.1. The lowest BCUT2D eigenvalue weighted by molar-refractivity contribution is 0.0493. The molecule has 4 heteroatoms. The molecule has 0 aromatic carbocycles. The third kappa shape index (κ3) is 2.12. The van der Waals surface area contributed by atoms with Gasteiger partial charge in [-0.3, -0.25) is 0 Å². The number of carbonyl (C=O) groups is 1. The van der Waals surface area contributed by atoms with Crippen LogP contribution >= 0.6 is 0 Å². The fourth-order valence-corrected chi connectivity index (χ4v) is 1.68. The summed E-state index contributed by atoms with van der Waals surface area (Å²) >= 11 is 0. The van der Waals surface area contributed by atoms with Crippen molar-refractivity contribution in [1.82, 2.24) is 4.90 Å². The number of piperidine rings is 1. The lowest BCUT2D eigenvalue weighted by Crippen LogP contribution is -2.56. The van der Waals surface area contributed by atoms with Crippen molar-refractivity contribution in [3.05, 3.63) is 0 Å². The van der Waals surface area contributed by atoms with Gasteiger partial charge >= 0.3 is 6.09 Å². The smallest absolute Gasteiger partial charge is 0.409 e. The monoisotopic (exact) mass is 186 g/mol. The van der Waals surface area contributed by atoms with Crippen LogP contribution in [0.3, 0.4) is 0 Å². The molecule has 0 spiro atoms. The lowest BCUT2D eigenvalue weighted by atomic mass is 9.89. The number of nitrogens with zero attached hydrogens (tertiary/aromatic N) is 1. The van der Waals surface area contributed by atoms with E-state index < -0.39 is 0 Å². The molecule has 0 aromatic rings. The van der Waals surface area contributed by atoms with E-state index in [2.05, 4.69) is 0 Å². The predicted molar refractivity (Wildman–Crippen MR) is 50.4 cm³/mol. The van der Waals surface area contributed by atoms with Crippen molar-refractivity contribution >= 4 is 6.09 Å². The molecule has 1 saturated heterocycles. The Morgan fingerprint density at radius 1 is 1.62 bits per heavy atom. The molecule has 1 aliphatic heterocycles. The molecular weight excluding hydrogens is 168 g/mol. The summed E-state index contributed by atoms with van der Waals surface area (Å²) in [6.07, 6.45) is 1.63. The molecule has 0 aliphatic carbocycles. The van der Waals surface area contributed by atoms with Gasteiger partial charge in [0.1, 0.15) is 0 Å². The summed E-state index contributed by atoms with van der Waals surface area (Å²) in [6, 6.07) is 0.0899. The maximum absolute atomic E-state index is 11.4. The zero-order valence-corrected chi connectivity index (χ0v) is 8.54. The summed E-state index contributed by atoms with van der Waals surface area (Å²) < 4.78 is 4.71. The Balaban J connectivity index is 2.72. The fourth-order valence-electron chi connectivity index (χ4n) is 1.68. The van der Waals surface area contributed by atoms with Gasteiger partial charge in [-0.15, -0.1) is 0 Å². The standard InChI is InChI=1S/C9H18N2O2/c1-9(2)5-4-7(10)6-11(9)8(12)13-3/h7H,4-6,10H2,1-3H3. The molecule has 13 heavy (non-hydrogen) atoms. The Hall–Kier alpha value is -0.770. The highest BCUT2D eigenvalue weighted by atomic mass is 16.5. The van der Waals surface area contributed by atoms with E-state index in [1.165, 1.54) is 7.11 Å². The number of likely N-dealkylation sites (tertiary alicyclic amines) is 1. The van der Waals surface area contributed by atoms with E-state index in [1.807, 2.05) is 13.8 Å². The average Bonchev–Trinajstić information content (AvgIpc) is 2.08. The second kappa shape index (κ2) is 3.54. The van der Waals surface area contributed by atoms with Gasteiger partial charge in [-0.1, -0.05) is 0 Å². The minimum Gasteiger partial charge on any atom is -0.453 e. The van der Waals surface area contributed by atoms with Gasteiger partial charge < -0.3 is 15.4 Å². The summed E-state index contributed by atoms with van der Waals surface area (Å²) in [7, 11) is 1.40. The van der Waals surface area contributed by atoms with Crippen molar-refractivity contribution in [1.29, 1.82) is 0 Å². The van der Waals surface area contributed by atoms with Crippen LogP contribution in [-0.4, -0.2) is 36.2 Å². The van der Waals surface area contributed by atoms with Crippen LogP contribution in [0.15, 0.2) is 0 Å². The first-order valence-corrected chi connectivity index (χ1v) is 4.58. The minimum absolute atomic E-state index is 0.0899. The van der Waals surface area contributed by atoms with Gasteiger partial charge in [0.25, 0.3) is 0 Å². The number of amides is 1. The van der Waals surface area contributed by atoms with E-state index in [0.29, 0.717) is 6.54 Å². The molecule has 0 saturated carbocycles. The van der Waals surface area contributed by atoms with E-state index in [9.17, 15) is 4.79 Å². The molecular formula is C9H18N2O2. The maximum Gasteiger partial charge on any atom is 0.409 e. The van der Waals surface area contributed by atoms with Gasteiger partial charge in [0.2, 0.25) is 0 Å². The van der Waals surface area contributed by atoms with E-state index in [-0.39, 0.29) is 17.7 Å². The van der Waals surface area contributed by atoms with Gasteiger partial charge in [0.05, 0.1) is 7.11 Å². The first kappa shape index (κ1) is 10.3. The SMILES string of the molecule is COC(=O)N1CC(N)CCC1(C)C. The van der Waals surface area contributed by atoms with Gasteiger partial charge in [0, 0.05) is 18.1 Å². The first-order chi connectivity index (χ1) is 5.97. The average molecular weight is 186 g/mol. The zero-order valence-electron chi connectivity index (χ0n) is 8.54. The number of nitrogens with two attached hydrogens (primary N) is 1. The lowest BCUT2D eigenvalue weighted by Gasteiger charge is -2.43. The van der Waals surface area contributed by atoms with Gasteiger partial charge in [0.15, 0.2) is 0 Å². The molecule has 0 radical (unpaired) electrons. The quantitative estimate of drug-likeness (QED) is 0.613. The number of hydrogen-bond acceptors (Lipinski definition) is 3. The fraction of sp³-hybridized carbons (Fsp3) is 0.889. The highest BCUT2D eigenvalue weighted by Crippen LogP contribution is 2.27. The summed E-state index contributed by atoms with van der Waals surface area (Å²) in [5.74, 6) is 0. The van der Waals surface area contributed by atoms with E-state index in [4.69, 9.17) is 10.5 Å². The van der Waals surface area contributed by atoms with Crippen LogP contribution in [0.4, 0.5) is 4.79 Å². The predicted octanol–water partition coefficient (Wildman–Crippen LogP) is 0.955. The zero-order chi connectivity index (χ0) is 10.1. The van der Waals surface area contributed by atoms with Crippen molar-refractivity contribution in [2.75, 3.05) is 13.7 Å². The molecule has 1 heterocycles. The number of methoxy groups -OCH3 is 1. The van der Waals surface area contributed by atoms with Crippen LogP contribution in [0.1, 0.15) is 26.7 Å². The molecule has 4 nitrogen and oxygen atoms in total. The highest BCUT2D eigenvalue weighted by molar-refractivity contribution is 5.68. The van der Waals surface area contributed by atoms with Crippen LogP contribution < -0.4 is 5.73 Å². The Labute approximate surface area is 79.0 Å². The molecule has 76 valence electrons. The number of ether oxygens (including phenoxy) is 1. The molecule has 0 bridgehead atoms. The minimum atomic E-state index is -0.278. The molecule has 0 aromatic heterocycles. The molecule has 1 aliphatic rings. The van der Waals surface area contributed by atoms with Crippen molar-refractivity contribution in [2.24, 2.45) is 5.73 Å². The van der Waals surface area contributed by atoms with Crippen LogP contribution in [-0.2, 0) is 4.74 Å². The second-order valence-corrected chi connectivity index (χ2v) is 4.19. The van der Waals surface area contributed by atoms with Gasteiger partial charge in [-0.2, -0.15) is 0 Å². The topological polar surface area (TPSA) is 55.6 Å². The third-order valence-corrected chi connectivity index (χ3v) is 2.67. The van der Waals surface area contributed by atoms with Crippen LogP contribution in [0.5, 0.6) is 0 Å². The van der Waals surface area contributed by atoms with E-state index >= 15 is 0 Å². The van der Waals surface area contributed by atoms with Gasteiger partial charge in [-0.05, 0) is 26.7 Å². The molecule has 1 rings (SSSR count). The first-order valence-electron chi connectivity index (χ1n) is 4.58. The van der Waals surface area contributed by atoms with E-state index in [1.54, 1.807) is 4.90 Å². The summed E-state index contributed by atoms with van der Waals surface area (Å²) in [5.41, 5.74) is 5.67. The number of hydrogen-bond donors (Lipinski definition) is 1. The molecule has 1 atom stereocenters. The van der Waals surface area contributed by atoms with Crippen LogP contribution in [0.2, 0.25) is 0 Å². The molecule has 2 N–H and O–H groups in total. The molecule has 1 fully saturated rings.